The van der Waals surface area contributed by atoms with Crippen LogP contribution >= 0.6 is 15.9 Å². The lowest BCUT2D eigenvalue weighted by atomic mass is 10.2. The van der Waals surface area contributed by atoms with Crippen LogP contribution in [0.25, 0.3) is 11.5 Å². The zero-order chi connectivity index (χ0) is 15.4. The summed E-state index contributed by atoms with van der Waals surface area (Å²) in [5.74, 6) is 0.595. The summed E-state index contributed by atoms with van der Waals surface area (Å²) in [6.07, 6.45) is 1.35. The molecule has 0 N–H and O–H groups in total. The van der Waals surface area contributed by atoms with E-state index in [-0.39, 0.29) is 17.6 Å². The Hall–Kier alpha value is -1.63. The Morgan fingerprint density at radius 2 is 2.00 bits per heavy atom. The molecule has 0 aliphatic rings. The van der Waals surface area contributed by atoms with Gasteiger partial charge in [0.15, 0.2) is 11.5 Å². The van der Waals surface area contributed by atoms with Crippen molar-refractivity contribution in [3.05, 3.63) is 30.2 Å². The minimum absolute atomic E-state index is 0.0188. The van der Waals surface area contributed by atoms with Crippen molar-refractivity contribution in [2.75, 3.05) is 0 Å². The van der Waals surface area contributed by atoms with Gasteiger partial charge < -0.3 is 13.9 Å². The van der Waals surface area contributed by atoms with Crippen molar-refractivity contribution >= 4 is 15.9 Å². The van der Waals surface area contributed by atoms with Crippen molar-refractivity contribution in [2.24, 2.45) is 0 Å². The number of aromatic nitrogens is 1. The first-order valence-corrected chi connectivity index (χ1v) is 7.38. The molecule has 114 valence electrons. The lowest BCUT2D eigenvalue weighted by Crippen LogP contribution is -2.09. The van der Waals surface area contributed by atoms with Crippen LogP contribution in [-0.2, 0) is 5.33 Å². The average molecular weight is 362 g/mol. The number of hydrogen-bond donors (Lipinski definition) is 0. The van der Waals surface area contributed by atoms with Gasteiger partial charge in [0.05, 0.1) is 11.8 Å². The second-order valence-corrected chi connectivity index (χ2v) is 5.04. The highest BCUT2D eigenvalue weighted by Crippen LogP contribution is 2.34. The topological polar surface area (TPSA) is 44.5 Å². The van der Waals surface area contributed by atoms with Gasteiger partial charge in [-0.2, -0.15) is 8.78 Å². The molecule has 4 nitrogen and oxygen atoms in total. The molecule has 0 spiro atoms. The molecule has 1 aromatic heterocycles. The Morgan fingerprint density at radius 1 is 1.24 bits per heavy atom. The van der Waals surface area contributed by atoms with Gasteiger partial charge in [0.2, 0.25) is 5.89 Å². The van der Waals surface area contributed by atoms with Gasteiger partial charge >= 0.3 is 6.61 Å². The first kappa shape index (κ1) is 15.8. The van der Waals surface area contributed by atoms with Crippen LogP contribution in [0.15, 0.2) is 28.9 Å². The summed E-state index contributed by atoms with van der Waals surface area (Å²) in [7, 11) is 0. The molecule has 1 heterocycles. The molecule has 21 heavy (non-hydrogen) atoms. The molecule has 0 saturated carbocycles. The third kappa shape index (κ3) is 4.17. The summed E-state index contributed by atoms with van der Waals surface area (Å²) < 4.78 is 40.1. The van der Waals surface area contributed by atoms with Crippen LogP contribution in [0, 0.1) is 0 Å². The standard InChI is InChI=1S/C14H14BrF2NO3/c1-8(2)20-12-5-9(3-4-11(12)21-14(16)17)13-18-10(6-15)7-19-13/h3-5,7-8,14H,6H2,1-2H3. The predicted molar refractivity (Wildman–Crippen MR) is 77.0 cm³/mol. The molecule has 1 aromatic carbocycles. The molecule has 0 unspecified atom stereocenters. The van der Waals surface area contributed by atoms with E-state index in [1.165, 1.54) is 12.3 Å². The van der Waals surface area contributed by atoms with Crippen molar-refractivity contribution in [2.45, 2.75) is 31.9 Å². The van der Waals surface area contributed by atoms with Crippen LogP contribution in [0.5, 0.6) is 11.5 Å². The normalized spacial score (nSPS) is 11.2. The third-order valence-corrected chi connectivity index (χ3v) is 3.03. The maximum atomic E-state index is 12.4. The van der Waals surface area contributed by atoms with Crippen LogP contribution < -0.4 is 9.47 Å². The van der Waals surface area contributed by atoms with Crippen LogP contribution in [0.1, 0.15) is 19.5 Å². The van der Waals surface area contributed by atoms with Gasteiger partial charge in [0, 0.05) is 10.9 Å². The fraction of sp³-hybridized carbons (Fsp3) is 0.357. The van der Waals surface area contributed by atoms with Crippen LogP contribution in [-0.4, -0.2) is 17.7 Å². The number of rotatable bonds is 6. The minimum atomic E-state index is -2.91. The monoisotopic (exact) mass is 361 g/mol. The second kappa shape index (κ2) is 6.89. The van der Waals surface area contributed by atoms with E-state index >= 15 is 0 Å². The SMILES string of the molecule is CC(C)Oc1cc(-c2nc(CBr)co2)ccc1OC(F)F. The highest BCUT2D eigenvalue weighted by Gasteiger charge is 2.15. The van der Waals surface area contributed by atoms with E-state index < -0.39 is 6.61 Å². The highest BCUT2D eigenvalue weighted by atomic mass is 79.9. The van der Waals surface area contributed by atoms with E-state index in [0.717, 1.165) is 5.69 Å². The van der Waals surface area contributed by atoms with E-state index in [2.05, 4.69) is 25.7 Å². The number of nitrogens with zero attached hydrogens (tertiary/aromatic N) is 1. The Balaban J connectivity index is 2.35. The van der Waals surface area contributed by atoms with Crippen molar-refractivity contribution in [1.29, 1.82) is 0 Å². The fourth-order valence-corrected chi connectivity index (χ4v) is 1.94. The van der Waals surface area contributed by atoms with E-state index in [0.29, 0.717) is 16.8 Å². The van der Waals surface area contributed by atoms with E-state index in [4.69, 9.17) is 9.15 Å². The summed E-state index contributed by atoms with van der Waals surface area (Å²) in [5, 5.41) is 0.568. The summed E-state index contributed by atoms with van der Waals surface area (Å²) >= 11 is 3.28. The minimum Gasteiger partial charge on any atom is -0.487 e. The molecule has 7 heteroatoms. The van der Waals surface area contributed by atoms with Crippen molar-refractivity contribution < 1.29 is 22.7 Å². The van der Waals surface area contributed by atoms with Crippen LogP contribution in [0.3, 0.4) is 0 Å². The van der Waals surface area contributed by atoms with Crippen molar-refractivity contribution in [1.82, 2.24) is 4.98 Å². The Bertz CT molecular complexity index is 602. The smallest absolute Gasteiger partial charge is 0.387 e. The summed E-state index contributed by atoms with van der Waals surface area (Å²) in [6, 6.07) is 4.58. The molecule has 0 atom stereocenters. The Labute approximate surface area is 129 Å². The second-order valence-electron chi connectivity index (χ2n) is 4.48. The molecule has 0 fully saturated rings. The number of halogens is 3. The maximum absolute atomic E-state index is 12.4. The molecule has 2 rings (SSSR count). The molecule has 0 aliphatic carbocycles. The average Bonchev–Trinajstić information content (AvgIpc) is 2.88. The maximum Gasteiger partial charge on any atom is 0.387 e. The summed E-state index contributed by atoms with van der Waals surface area (Å²) in [5.41, 5.74) is 1.36. The Kier molecular flexibility index (Phi) is 5.17. The zero-order valence-electron chi connectivity index (χ0n) is 11.5. The highest BCUT2D eigenvalue weighted by molar-refractivity contribution is 9.08. The van der Waals surface area contributed by atoms with Crippen molar-refractivity contribution in [3.63, 3.8) is 0 Å². The van der Waals surface area contributed by atoms with Gasteiger partial charge in [0.1, 0.15) is 6.26 Å². The zero-order valence-corrected chi connectivity index (χ0v) is 13.1. The van der Waals surface area contributed by atoms with Gasteiger partial charge in [-0.15, -0.1) is 0 Å². The number of oxazole rings is 1. The Morgan fingerprint density at radius 3 is 2.57 bits per heavy atom. The van der Waals surface area contributed by atoms with E-state index in [1.807, 2.05) is 0 Å². The molecule has 2 aromatic rings. The molecular weight excluding hydrogens is 348 g/mol. The molecule has 0 aliphatic heterocycles. The van der Waals surface area contributed by atoms with Crippen LogP contribution in [0.2, 0.25) is 0 Å². The fourth-order valence-electron chi connectivity index (χ4n) is 1.68. The quantitative estimate of drug-likeness (QED) is 0.703. The van der Waals surface area contributed by atoms with E-state index in [1.54, 1.807) is 26.0 Å². The molecule has 0 saturated heterocycles. The van der Waals surface area contributed by atoms with Crippen LogP contribution in [0.4, 0.5) is 8.78 Å². The predicted octanol–water partition coefficient (Wildman–Crippen LogP) is 4.63. The molecule has 0 bridgehead atoms. The molecule has 0 amide bonds. The first-order chi connectivity index (χ1) is 9.99. The van der Waals surface area contributed by atoms with Gasteiger partial charge in [-0.1, -0.05) is 15.9 Å². The summed E-state index contributed by atoms with van der Waals surface area (Å²) in [4.78, 5) is 4.25. The van der Waals surface area contributed by atoms with Gasteiger partial charge in [-0.25, -0.2) is 4.98 Å². The van der Waals surface area contributed by atoms with E-state index in [9.17, 15) is 8.78 Å². The largest absolute Gasteiger partial charge is 0.487 e. The number of hydrogen-bond acceptors (Lipinski definition) is 4. The number of ether oxygens (including phenoxy) is 2. The van der Waals surface area contributed by atoms with Crippen molar-refractivity contribution in [3.8, 4) is 23.0 Å². The van der Waals surface area contributed by atoms with Gasteiger partial charge in [-0.05, 0) is 32.0 Å². The molecular formula is C14H14BrF2NO3. The lowest BCUT2D eigenvalue weighted by molar-refractivity contribution is -0.0518. The molecule has 0 radical (unpaired) electrons. The lowest BCUT2D eigenvalue weighted by Gasteiger charge is -2.15. The van der Waals surface area contributed by atoms with Gasteiger partial charge in [0.25, 0.3) is 0 Å². The number of alkyl halides is 3. The summed E-state index contributed by atoms with van der Waals surface area (Å²) in [6.45, 7) is 0.687. The van der Waals surface area contributed by atoms with Gasteiger partial charge in [-0.3, -0.25) is 0 Å². The number of benzene rings is 1. The third-order valence-electron chi connectivity index (χ3n) is 2.46. The first-order valence-electron chi connectivity index (χ1n) is 6.26.